The number of rotatable bonds is 4. The Labute approximate surface area is 108 Å². The van der Waals surface area contributed by atoms with E-state index < -0.39 is 0 Å². The average Bonchev–Trinajstić information content (AvgIpc) is 2.45. The Hall–Kier alpha value is -1.55. The third-order valence-electron chi connectivity index (χ3n) is 3.12. The Morgan fingerprint density at radius 2 is 2.17 bits per heavy atom. The average molecular weight is 248 g/mol. The first kappa shape index (κ1) is 12.9. The molecule has 1 aliphatic rings. The lowest BCUT2D eigenvalue weighted by Crippen LogP contribution is -2.43. The van der Waals surface area contributed by atoms with Gasteiger partial charge in [0, 0.05) is 12.6 Å². The molecule has 1 fully saturated rings. The van der Waals surface area contributed by atoms with Crippen LogP contribution in [0.3, 0.4) is 0 Å². The van der Waals surface area contributed by atoms with Crippen molar-refractivity contribution < 1.29 is 9.53 Å². The molecule has 4 nitrogen and oxygen atoms in total. The molecule has 1 saturated heterocycles. The molecule has 1 aromatic carbocycles. The van der Waals surface area contributed by atoms with Crippen LogP contribution < -0.4 is 10.6 Å². The Balaban J connectivity index is 1.63. The van der Waals surface area contributed by atoms with Gasteiger partial charge >= 0.3 is 6.09 Å². The maximum Gasteiger partial charge on any atom is 0.407 e. The molecule has 0 unspecified atom stereocenters. The molecule has 1 aromatic rings. The number of carbonyl (C=O) groups is 1. The highest BCUT2D eigenvalue weighted by molar-refractivity contribution is 5.67. The van der Waals surface area contributed by atoms with E-state index in [9.17, 15) is 4.79 Å². The van der Waals surface area contributed by atoms with E-state index in [1.54, 1.807) is 0 Å². The Bertz CT molecular complexity index is 361. The molecular formula is C14H20N2O2. The smallest absolute Gasteiger partial charge is 0.407 e. The second kappa shape index (κ2) is 7.01. The predicted molar refractivity (Wildman–Crippen MR) is 70.3 cm³/mol. The summed E-state index contributed by atoms with van der Waals surface area (Å²) < 4.78 is 5.14. The standard InChI is InChI=1S/C14H20N2O2/c17-14(16-10-13-8-4-5-9-15-13)18-11-12-6-2-1-3-7-12/h1-3,6-7,13,15H,4-5,8-11H2,(H,16,17)/t13-/m0/s1. The Morgan fingerprint density at radius 1 is 1.33 bits per heavy atom. The maximum atomic E-state index is 11.5. The topological polar surface area (TPSA) is 50.4 Å². The minimum atomic E-state index is -0.341. The number of benzene rings is 1. The highest BCUT2D eigenvalue weighted by Crippen LogP contribution is 2.06. The number of hydrogen-bond donors (Lipinski definition) is 2. The van der Waals surface area contributed by atoms with Gasteiger partial charge in [-0.15, -0.1) is 0 Å². The SMILES string of the molecule is O=C(NC[C@@H]1CCCCN1)OCc1ccccc1. The second-order valence-electron chi connectivity index (χ2n) is 4.59. The molecule has 2 N–H and O–H groups in total. The van der Waals surface area contributed by atoms with Crippen LogP contribution in [0.5, 0.6) is 0 Å². The fraction of sp³-hybridized carbons (Fsp3) is 0.500. The van der Waals surface area contributed by atoms with Gasteiger partial charge in [-0.05, 0) is 24.9 Å². The highest BCUT2D eigenvalue weighted by atomic mass is 16.5. The van der Waals surface area contributed by atoms with Gasteiger partial charge in [0.05, 0.1) is 0 Å². The number of amides is 1. The predicted octanol–water partition coefficient (Wildman–Crippen LogP) is 2.05. The van der Waals surface area contributed by atoms with Gasteiger partial charge in [0.1, 0.15) is 6.61 Å². The number of ether oxygens (including phenoxy) is 1. The van der Waals surface area contributed by atoms with Crippen LogP contribution in [0.1, 0.15) is 24.8 Å². The quantitative estimate of drug-likeness (QED) is 0.857. The third kappa shape index (κ3) is 4.37. The Kier molecular flexibility index (Phi) is 5.02. The van der Waals surface area contributed by atoms with Crippen LogP contribution in [0.4, 0.5) is 4.79 Å². The number of hydrogen-bond acceptors (Lipinski definition) is 3. The van der Waals surface area contributed by atoms with Gasteiger partial charge in [-0.25, -0.2) is 4.79 Å². The van der Waals surface area contributed by atoms with Crippen LogP contribution in [0.25, 0.3) is 0 Å². The molecule has 2 rings (SSSR count). The molecule has 98 valence electrons. The zero-order valence-electron chi connectivity index (χ0n) is 10.5. The summed E-state index contributed by atoms with van der Waals surface area (Å²) in [6, 6.07) is 10.1. The summed E-state index contributed by atoms with van der Waals surface area (Å²) >= 11 is 0. The molecule has 18 heavy (non-hydrogen) atoms. The lowest BCUT2D eigenvalue weighted by atomic mass is 10.1. The lowest BCUT2D eigenvalue weighted by Gasteiger charge is -2.23. The molecule has 0 aromatic heterocycles. The van der Waals surface area contributed by atoms with Crippen molar-refractivity contribution in [1.82, 2.24) is 10.6 Å². The van der Waals surface area contributed by atoms with Gasteiger partial charge in [0.15, 0.2) is 0 Å². The molecule has 4 heteroatoms. The van der Waals surface area contributed by atoms with Gasteiger partial charge in [-0.1, -0.05) is 36.8 Å². The van der Waals surface area contributed by atoms with Crippen LogP contribution in [0.15, 0.2) is 30.3 Å². The number of alkyl carbamates (subject to hydrolysis) is 1. The van der Waals surface area contributed by atoms with Crippen molar-refractivity contribution in [2.24, 2.45) is 0 Å². The van der Waals surface area contributed by atoms with Crippen molar-refractivity contribution in [3.05, 3.63) is 35.9 Å². The molecule has 0 radical (unpaired) electrons. The van der Waals surface area contributed by atoms with Crippen LogP contribution >= 0.6 is 0 Å². The van der Waals surface area contributed by atoms with Crippen molar-refractivity contribution >= 4 is 6.09 Å². The minimum Gasteiger partial charge on any atom is -0.445 e. The van der Waals surface area contributed by atoms with E-state index in [0.717, 1.165) is 18.5 Å². The highest BCUT2D eigenvalue weighted by Gasteiger charge is 2.13. The summed E-state index contributed by atoms with van der Waals surface area (Å²) in [5.74, 6) is 0. The van der Waals surface area contributed by atoms with Gasteiger partial charge < -0.3 is 15.4 Å². The third-order valence-corrected chi connectivity index (χ3v) is 3.12. The van der Waals surface area contributed by atoms with Crippen LogP contribution in [-0.4, -0.2) is 25.2 Å². The summed E-state index contributed by atoms with van der Waals surface area (Å²) in [5.41, 5.74) is 1.00. The van der Waals surface area contributed by atoms with Crippen molar-refractivity contribution in [1.29, 1.82) is 0 Å². The fourth-order valence-electron chi connectivity index (χ4n) is 2.08. The second-order valence-corrected chi connectivity index (χ2v) is 4.59. The van der Waals surface area contributed by atoms with E-state index in [-0.39, 0.29) is 6.09 Å². The van der Waals surface area contributed by atoms with Gasteiger partial charge in [-0.2, -0.15) is 0 Å². The largest absolute Gasteiger partial charge is 0.445 e. The lowest BCUT2D eigenvalue weighted by molar-refractivity contribution is 0.138. The summed E-state index contributed by atoms with van der Waals surface area (Å²) in [5, 5.41) is 6.18. The van der Waals surface area contributed by atoms with Crippen LogP contribution in [0, 0.1) is 0 Å². The van der Waals surface area contributed by atoms with E-state index in [1.807, 2.05) is 30.3 Å². The summed E-state index contributed by atoms with van der Waals surface area (Å²) in [7, 11) is 0. The Morgan fingerprint density at radius 3 is 2.89 bits per heavy atom. The monoisotopic (exact) mass is 248 g/mol. The molecule has 1 heterocycles. The van der Waals surface area contributed by atoms with E-state index in [0.29, 0.717) is 19.2 Å². The molecule has 1 amide bonds. The first-order valence-corrected chi connectivity index (χ1v) is 6.52. The molecule has 1 atom stereocenters. The van der Waals surface area contributed by atoms with Crippen molar-refractivity contribution in [3.63, 3.8) is 0 Å². The van der Waals surface area contributed by atoms with E-state index in [2.05, 4.69) is 10.6 Å². The van der Waals surface area contributed by atoms with Gasteiger partial charge in [0.2, 0.25) is 0 Å². The molecule has 0 aliphatic carbocycles. The van der Waals surface area contributed by atoms with Gasteiger partial charge in [0.25, 0.3) is 0 Å². The number of nitrogens with one attached hydrogen (secondary N) is 2. The summed E-state index contributed by atoms with van der Waals surface area (Å²) in [6.45, 7) is 2.02. The first-order valence-electron chi connectivity index (χ1n) is 6.52. The van der Waals surface area contributed by atoms with E-state index in [1.165, 1.54) is 12.8 Å². The van der Waals surface area contributed by atoms with Crippen molar-refractivity contribution in [2.75, 3.05) is 13.1 Å². The number of carbonyl (C=O) groups excluding carboxylic acids is 1. The van der Waals surface area contributed by atoms with Gasteiger partial charge in [-0.3, -0.25) is 0 Å². The number of piperidine rings is 1. The van der Waals surface area contributed by atoms with Crippen molar-refractivity contribution in [2.45, 2.75) is 31.9 Å². The van der Waals surface area contributed by atoms with Crippen molar-refractivity contribution in [3.8, 4) is 0 Å². The molecular weight excluding hydrogens is 228 g/mol. The van der Waals surface area contributed by atoms with E-state index in [4.69, 9.17) is 4.74 Å². The zero-order valence-corrected chi connectivity index (χ0v) is 10.5. The van der Waals surface area contributed by atoms with Crippen LogP contribution in [0.2, 0.25) is 0 Å². The first-order chi connectivity index (χ1) is 8.84. The zero-order chi connectivity index (χ0) is 12.6. The normalized spacial score (nSPS) is 19.2. The van der Waals surface area contributed by atoms with Crippen LogP contribution in [-0.2, 0) is 11.3 Å². The maximum absolute atomic E-state index is 11.5. The summed E-state index contributed by atoms with van der Waals surface area (Å²) in [6.07, 6.45) is 3.25. The van der Waals surface area contributed by atoms with E-state index >= 15 is 0 Å². The fourth-order valence-corrected chi connectivity index (χ4v) is 2.08. The molecule has 0 saturated carbocycles. The summed E-state index contributed by atoms with van der Waals surface area (Å²) in [4.78, 5) is 11.5. The molecule has 0 bridgehead atoms. The minimum absolute atomic E-state index is 0.324. The molecule has 1 aliphatic heterocycles. The molecule has 0 spiro atoms.